The molecule has 0 aliphatic carbocycles. The third kappa shape index (κ3) is 6.18. The Labute approximate surface area is 174 Å². The molecule has 1 N–H and O–H groups in total. The van der Waals surface area contributed by atoms with Gasteiger partial charge in [-0.25, -0.2) is 8.78 Å². The van der Waals surface area contributed by atoms with Crippen molar-refractivity contribution in [3.05, 3.63) is 102 Å². The first-order valence-electron chi connectivity index (χ1n) is 9.53. The number of rotatable bonds is 7. The summed E-state index contributed by atoms with van der Waals surface area (Å²) in [6, 6.07) is 22.8. The molecule has 3 aromatic rings. The van der Waals surface area contributed by atoms with Crippen LogP contribution in [0.3, 0.4) is 0 Å². The van der Waals surface area contributed by atoms with Crippen LogP contribution < -0.4 is 10.1 Å². The second-order valence-corrected chi connectivity index (χ2v) is 6.57. The number of ether oxygens (including phenoxy) is 1. The summed E-state index contributed by atoms with van der Waals surface area (Å²) in [4.78, 5) is 12.4. The van der Waals surface area contributed by atoms with Crippen LogP contribution in [-0.2, 0) is 4.79 Å². The van der Waals surface area contributed by atoms with E-state index in [1.165, 1.54) is 6.07 Å². The molecule has 0 atom stereocenters. The van der Waals surface area contributed by atoms with Gasteiger partial charge >= 0.3 is 0 Å². The lowest BCUT2D eigenvalue weighted by Crippen LogP contribution is -2.25. The number of nitrogens with one attached hydrogen (secondary N) is 1. The average Bonchev–Trinajstić information content (AvgIpc) is 2.77. The Bertz CT molecular complexity index is 988. The molecule has 1 amide bonds. The fourth-order valence-electron chi connectivity index (χ4n) is 3.02. The van der Waals surface area contributed by atoms with Crippen molar-refractivity contribution in [3.63, 3.8) is 0 Å². The fraction of sp³-hybridized carbons (Fsp3) is 0.160. The highest BCUT2D eigenvalue weighted by Gasteiger charge is 2.17. The van der Waals surface area contributed by atoms with E-state index in [4.69, 9.17) is 4.74 Å². The topological polar surface area (TPSA) is 38.3 Å². The van der Waals surface area contributed by atoms with E-state index in [0.29, 0.717) is 6.42 Å². The van der Waals surface area contributed by atoms with E-state index < -0.39 is 11.6 Å². The molecule has 3 rings (SSSR count). The number of amides is 1. The predicted molar refractivity (Wildman–Crippen MR) is 112 cm³/mol. The van der Waals surface area contributed by atoms with E-state index in [1.54, 1.807) is 0 Å². The molecule has 3 aromatic carbocycles. The lowest BCUT2D eigenvalue weighted by atomic mass is 9.88. The molecule has 30 heavy (non-hydrogen) atoms. The molecule has 152 valence electrons. The van der Waals surface area contributed by atoms with Gasteiger partial charge in [0, 0.05) is 18.4 Å². The first-order valence-corrected chi connectivity index (χ1v) is 9.53. The Balaban J connectivity index is 1.51. The van der Waals surface area contributed by atoms with Crippen molar-refractivity contribution in [2.45, 2.75) is 12.3 Å². The minimum Gasteiger partial charge on any atom is -0.478 e. The van der Waals surface area contributed by atoms with Crippen LogP contribution in [0.25, 0.3) is 0 Å². The quantitative estimate of drug-likeness (QED) is 0.580. The minimum atomic E-state index is -0.780. The lowest BCUT2D eigenvalue weighted by Gasteiger charge is -2.17. The van der Waals surface area contributed by atoms with Gasteiger partial charge in [0.15, 0.2) is 11.6 Å². The fourth-order valence-corrected chi connectivity index (χ4v) is 3.02. The number of carbonyl (C=O) groups excluding carboxylic acids is 1. The van der Waals surface area contributed by atoms with Crippen LogP contribution in [0, 0.1) is 23.5 Å². The molecular weight excluding hydrogens is 384 g/mol. The summed E-state index contributed by atoms with van der Waals surface area (Å²) >= 11 is 0. The molecule has 0 bridgehead atoms. The van der Waals surface area contributed by atoms with Crippen LogP contribution >= 0.6 is 0 Å². The zero-order chi connectivity index (χ0) is 21.2. The molecule has 0 saturated carbocycles. The Morgan fingerprint density at radius 3 is 2.13 bits per heavy atom. The normalized spacial score (nSPS) is 10.2. The van der Waals surface area contributed by atoms with Crippen LogP contribution in [0.4, 0.5) is 8.78 Å². The Hall–Kier alpha value is -3.65. The van der Waals surface area contributed by atoms with Crippen molar-refractivity contribution in [1.82, 2.24) is 5.32 Å². The van der Waals surface area contributed by atoms with Crippen molar-refractivity contribution < 1.29 is 18.3 Å². The summed E-state index contributed by atoms with van der Waals surface area (Å²) in [5.41, 5.74) is 2.14. The van der Waals surface area contributed by atoms with Crippen molar-refractivity contribution in [2.24, 2.45) is 0 Å². The summed E-state index contributed by atoms with van der Waals surface area (Å²) in [5.74, 6) is 3.78. The molecule has 0 heterocycles. The highest BCUT2D eigenvalue weighted by molar-refractivity contribution is 5.77. The molecule has 5 heteroatoms. The molecule has 0 radical (unpaired) electrons. The first kappa shape index (κ1) is 21.1. The second-order valence-electron chi connectivity index (χ2n) is 6.57. The van der Waals surface area contributed by atoms with Crippen molar-refractivity contribution >= 4 is 5.91 Å². The van der Waals surface area contributed by atoms with Crippen LogP contribution in [-0.4, -0.2) is 19.1 Å². The highest BCUT2D eigenvalue weighted by atomic mass is 19.1. The maximum atomic E-state index is 13.5. The molecular formula is C25H21F2NO2. The number of benzene rings is 3. The Morgan fingerprint density at radius 1 is 0.900 bits per heavy atom. The van der Waals surface area contributed by atoms with Gasteiger partial charge in [-0.05, 0) is 23.3 Å². The molecule has 3 nitrogen and oxygen atoms in total. The third-order valence-corrected chi connectivity index (χ3v) is 4.49. The van der Waals surface area contributed by atoms with Crippen LogP contribution in [0.2, 0.25) is 0 Å². The zero-order valence-corrected chi connectivity index (χ0v) is 16.3. The molecule has 0 aliphatic heterocycles. The molecule has 0 spiro atoms. The number of carbonyl (C=O) groups is 1. The Morgan fingerprint density at radius 2 is 1.53 bits per heavy atom. The Kier molecular flexibility index (Phi) is 7.57. The molecule has 0 fully saturated rings. The van der Waals surface area contributed by atoms with Gasteiger partial charge in [-0.2, -0.15) is 0 Å². The van der Waals surface area contributed by atoms with Crippen LogP contribution in [0.5, 0.6) is 5.75 Å². The summed E-state index contributed by atoms with van der Waals surface area (Å²) in [6.07, 6.45) is 0.299. The van der Waals surface area contributed by atoms with Crippen molar-refractivity contribution in [2.75, 3.05) is 13.2 Å². The van der Waals surface area contributed by atoms with E-state index in [0.717, 1.165) is 23.3 Å². The van der Waals surface area contributed by atoms with Gasteiger partial charge in [0.25, 0.3) is 0 Å². The molecule has 0 unspecified atom stereocenters. The average molecular weight is 405 g/mol. The zero-order valence-electron chi connectivity index (χ0n) is 16.3. The van der Waals surface area contributed by atoms with E-state index in [2.05, 4.69) is 17.2 Å². The van der Waals surface area contributed by atoms with Crippen molar-refractivity contribution in [3.8, 4) is 17.6 Å². The minimum absolute atomic E-state index is 0.0508. The van der Waals surface area contributed by atoms with Crippen molar-refractivity contribution in [1.29, 1.82) is 0 Å². The maximum Gasteiger partial charge on any atom is 0.221 e. The summed E-state index contributed by atoms with van der Waals surface area (Å²) in [5, 5.41) is 2.78. The second kappa shape index (κ2) is 10.8. The van der Waals surface area contributed by atoms with E-state index in [1.807, 2.05) is 60.7 Å². The number of halogens is 2. The summed E-state index contributed by atoms with van der Waals surface area (Å²) in [7, 11) is 0. The maximum absolute atomic E-state index is 13.5. The van der Waals surface area contributed by atoms with Crippen LogP contribution in [0.1, 0.15) is 23.5 Å². The van der Waals surface area contributed by atoms with Gasteiger partial charge in [-0.1, -0.05) is 72.5 Å². The summed E-state index contributed by atoms with van der Waals surface area (Å²) < 4.78 is 31.5. The predicted octanol–water partition coefficient (Wildman–Crippen LogP) is 4.69. The van der Waals surface area contributed by atoms with E-state index in [9.17, 15) is 13.6 Å². The number of hydrogen-bond acceptors (Lipinski definition) is 2. The lowest BCUT2D eigenvalue weighted by molar-refractivity contribution is -0.121. The van der Waals surface area contributed by atoms with Gasteiger partial charge < -0.3 is 10.1 Å². The molecule has 0 aromatic heterocycles. The van der Waals surface area contributed by atoms with Crippen LogP contribution in [0.15, 0.2) is 78.9 Å². The van der Waals surface area contributed by atoms with E-state index in [-0.39, 0.29) is 30.7 Å². The summed E-state index contributed by atoms with van der Waals surface area (Å²) in [6.45, 7) is 0.0967. The third-order valence-electron chi connectivity index (χ3n) is 4.49. The van der Waals surface area contributed by atoms with Gasteiger partial charge in [0.1, 0.15) is 12.4 Å². The van der Waals surface area contributed by atoms with E-state index >= 15 is 0 Å². The first-order chi connectivity index (χ1) is 14.6. The smallest absolute Gasteiger partial charge is 0.221 e. The number of hydrogen-bond donors (Lipinski definition) is 1. The standard InChI is InChI=1S/C25H21F2NO2/c26-21-13-14-24(23(27)17-21)30-16-8-7-15-28-25(29)18-22(19-9-3-1-4-10-19)20-11-5-2-6-12-20/h1-6,9-14,17,22H,15-16,18H2,(H,28,29). The highest BCUT2D eigenvalue weighted by Crippen LogP contribution is 2.27. The molecule has 0 saturated heterocycles. The van der Waals surface area contributed by atoms with Gasteiger partial charge in [0.05, 0.1) is 6.54 Å². The monoisotopic (exact) mass is 405 g/mol. The SMILES string of the molecule is O=C(CC(c1ccccc1)c1ccccc1)NCC#CCOc1ccc(F)cc1F. The largest absolute Gasteiger partial charge is 0.478 e. The van der Waals surface area contributed by atoms with Gasteiger partial charge in [-0.3, -0.25) is 4.79 Å². The van der Waals surface area contributed by atoms with Gasteiger partial charge in [-0.15, -0.1) is 0 Å². The van der Waals surface area contributed by atoms with Gasteiger partial charge in [0.2, 0.25) is 5.91 Å². The molecule has 0 aliphatic rings.